The molecule has 1 rings (SSSR count). The average Bonchev–Trinajstić information content (AvgIpc) is 2.18. The highest BCUT2D eigenvalue weighted by atomic mass is 16.6. The number of hydrogen-bond donors (Lipinski definition) is 0. The number of carbonyl (C=O) groups excluding carboxylic acids is 2. The van der Waals surface area contributed by atoms with E-state index in [1.807, 2.05) is 6.08 Å². The number of ether oxygens (including phenoxy) is 1. The standard InChI is InChI=1S/C10H15NO3/c1-3-14-10(13)11-6-4-5-9(7-11)8(2)12/h5H,3-4,6-7H2,1-2H3. The molecular weight excluding hydrogens is 182 g/mol. The quantitative estimate of drug-likeness (QED) is 0.671. The van der Waals surface area contributed by atoms with E-state index in [1.165, 1.54) is 6.92 Å². The first-order chi connectivity index (χ1) is 6.65. The molecule has 1 aliphatic rings. The van der Waals surface area contributed by atoms with Crippen molar-refractivity contribution in [1.29, 1.82) is 0 Å². The van der Waals surface area contributed by atoms with Crippen molar-refractivity contribution in [3.8, 4) is 0 Å². The smallest absolute Gasteiger partial charge is 0.410 e. The third-order valence-electron chi connectivity index (χ3n) is 2.13. The zero-order valence-corrected chi connectivity index (χ0v) is 8.58. The average molecular weight is 197 g/mol. The molecule has 0 N–H and O–H groups in total. The highest BCUT2D eigenvalue weighted by Crippen LogP contribution is 2.11. The van der Waals surface area contributed by atoms with Gasteiger partial charge in [0.1, 0.15) is 0 Å². The van der Waals surface area contributed by atoms with E-state index in [0.717, 1.165) is 6.42 Å². The zero-order valence-electron chi connectivity index (χ0n) is 8.58. The van der Waals surface area contributed by atoms with Crippen LogP contribution < -0.4 is 0 Å². The molecule has 0 atom stereocenters. The third kappa shape index (κ3) is 2.58. The second-order valence-electron chi connectivity index (χ2n) is 3.19. The molecule has 0 fully saturated rings. The van der Waals surface area contributed by atoms with Gasteiger partial charge in [-0.15, -0.1) is 0 Å². The van der Waals surface area contributed by atoms with Crippen LogP contribution in [0.15, 0.2) is 11.6 Å². The lowest BCUT2D eigenvalue weighted by Crippen LogP contribution is -2.37. The van der Waals surface area contributed by atoms with Crippen molar-refractivity contribution >= 4 is 11.9 Å². The van der Waals surface area contributed by atoms with E-state index in [0.29, 0.717) is 25.3 Å². The summed E-state index contributed by atoms with van der Waals surface area (Å²) in [5, 5.41) is 0. The van der Waals surface area contributed by atoms with Gasteiger partial charge in [-0.25, -0.2) is 4.79 Å². The number of hydrogen-bond acceptors (Lipinski definition) is 3. The monoisotopic (exact) mass is 197 g/mol. The molecule has 14 heavy (non-hydrogen) atoms. The van der Waals surface area contributed by atoms with Crippen LogP contribution in [0.3, 0.4) is 0 Å². The highest BCUT2D eigenvalue weighted by molar-refractivity contribution is 5.94. The molecule has 1 heterocycles. The van der Waals surface area contributed by atoms with Crippen molar-refractivity contribution in [2.45, 2.75) is 20.3 Å². The maximum Gasteiger partial charge on any atom is 0.410 e. The van der Waals surface area contributed by atoms with Crippen LogP contribution in [-0.2, 0) is 9.53 Å². The summed E-state index contributed by atoms with van der Waals surface area (Å²) in [6.45, 7) is 4.67. The van der Waals surface area contributed by atoms with E-state index < -0.39 is 0 Å². The molecule has 1 aliphatic heterocycles. The molecule has 0 aromatic carbocycles. The first-order valence-corrected chi connectivity index (χ1v) is 4.76. The first-order valence-electron chi connectivity index (χ1n) is 4.76. The number of amides is 1. The Kier molecular flexibility index (Phi) is 3.68. The number of carbonyl (C=O) groups is 2. The van der Waals surface area contributed by atoms with Gasteiger partial charge < -0.3 is 9.64 Å². The molecule has 4 nitrogen and oxygen atoms in total. The van der Waals surface area contributed by atoms with Crippen molar-refractivity contribution in [3.63, 3.8) is 0 Å². The molecule has 4 heteroatoms. The molecule has 78 valence electrons. The largest absolute Gasteiger partial charge is 0.450 e. The lowest BCUT2D eigenvalue weighted by atomic mass is 10.1. The molecule has 0 aromatic heterocycles. The fourth-order valence-electron chi connectivity index (χ4n) is 1.37. The molecule has 0 bridgehead atoms. The van der Waals surface area contributed by atoms with E-state index in [9.17, 15) is 9.59 Å². The summed E-state index contributed by atoms with van der Waals surface area (Å²) in [6.07, 6.45) is 2.28. The Morgan fingerprint density at radius 2 is 2.29 bits per heavy atom. The highest BCUT2D eigenvalue weighted by Gasteiger charge is 2.20. The van der Waals surface area contributed by atoms with Crippen LogP contribution in [0.1, 0.15) is 20.3 Å². The fourth-order valence-corrected chi connectivity index (χ4v) is 1.37. The van der Waals surface area contributed by atoms with Gasteiger partial charge in [0.25, 0.3) is 0 Å². The summed E-state index contributed by atoms with van der Waals surface area (Å²) >= 11 is 0. The SMILES string of the molecule is CCOC(=O)N1CCC=C(C(C)=O)C1. The fraction of sp³-hybridized carbons (Fsp3) is 0.600. The Morgan fingerprint density at radius 3 is 2.86 bits per heavy atom. The van der Waals surface area contributed by atoms with Crippen LogP contribution in [0.4, 0.5) is 4.79 Å². The van der Waals surface area contributed by atoms with Crippen LogP contribution in [0, 0.1) is 0 Å². The van der Waals surface area contributed by atoms with Gasteiger partial charge in [-0.05, 0) is 20.3 Å². The van der Waals surface area contributed by atoms with Crippen molar-refractivity contribution < 1.29 is 14.3 Å². The van der Waals surface area contributed by atoms with E-state index in [4.69, 9.17) is 4.74 Å². The molecule has 0 saturated heterocycles. The molecule has 0 spiro atoms. The van der Waals surface area contributed by atoms with Gasteiger partial charge in [0.15, 0.2) is 5.78 Å². The minimum atomic E-state index is -0.334. The Balaban J connectivity index is 2.56. The summed E-state index contributed by atoms with van der Waals surface area (Å²) in [6, 6.07) is 0. The zero-order chi connectivity index (χ0) is 10.6. The van der Waals surface area contributed by atoms with Crippen molar-refractivity contribution in [1.82, 2.24) is 4.90 Å². The summed E-state index contributed by atoms with van der Waals surface area (Å²) < 4.78 is 4.86. The van der Waals surface area contributed by atoms with Gasteiger partial charge in [-0.1, -0.05) is 6.08 Å². The normalized spacial score (nSPS) is 16.1. The number of nitrogens with zero attached hydrogens (tertiary/aromatic N) is 1. The Bertz CT molecular complexity index is 271. The lowest BCUT2D eigenvalue weighted by molar-refractivity contribution is -0.113. The second kappa shape index (κ2) is 4.79. The predicted octanol–water partition coefficient (Wildman–Crippen LogP) is 1.36. The van der Waals surface area contributed by atoms with Crippen LogP contribution in [0.2, 0.25) is 0 Å². The maximum atomic E-state index is 11.3. The van der Waals surface area contributed by atoms with Crippen molar-refractivity contribution in [2.75, 3.05) is 19.7 Å². The first kappa shape index (κ1) is 10.8. The van der Waals surface area contributed by atoms with E-state index in [1.54, 1.807) is 11.8 Å². The third-order valence-corrected chi connectivity index (χ3v) is 2.13. The summed E-state index contributed by atoms with van der Waals surface area (Å²) in [4.78, 5) is 24.0. The van der Waals surface area contributed by atoms with Gasteiger partial charge in [0.2, 0.25) is 0 Å². The number of ketones is 1. The second-order valence-corrected chi connectivity index (χ2v) is 3.19. The van der Waals surface area contributed by atoms with E-state index >= 15 is 0 Å². The van der Waals surface area contributed by atoms with Crippen LogP contribution in [0.25, 0.3) is 0 Å². The topological polar surface area (TPSA) is 46.6 Å². The molecule has 0 saturated carbocycles. The van der Waals surface area contributed by atoms with Gasteiger partial charge >= 0.3 is 6.09 Å². The van der Waals surface area contributed by atoms with Gasteiger partial charge in [-0.3, -0.25) is 4.79 Å². The minimum Gasteiger partial charge on any atom is -0.450 e. The Hall–Kier alpha value is -1.32. The molecule has 0 unspecified atom stereocenters. The molecule has 0 aliphatic carbocycles. The Morgan fingerprint density at radius 1 is 1.57 bits per heavy atom. The summed E-state index contributed by atoms with van der Waals surface area (Å²) in [5.74, 6) is 0.0269. The van der Waals surface area contributed by atoms with Crippen molar-refractivity contribution in [3.05, 3.63) is 11.6 Å². The van der Waals surface area contributed by atoms with Gasteiger partial charge in [0, 0.05) is 12.1 Å². The molecule has 0 radical (unpaired) electrons. The van der Waals surface area contributed by atoms with Gasteiger partial charge in [-0.2, -0.15) is 0 Å². The van der Waals surface area contributed by atoms with Crippen LogP contribution in [-0.4, -0.2) is 36.5 Å². The lowest BCUT2D eigenvalue weighted by Gasteiger charge is -2.25. The van der Waals surface area contributed by atoms with E-state index in [-0.39, 0.29) is 11.9 Å². The van der Waals surface area contributed by atoms with E-state index in [2.05, 4.69) is 0 Å². The Labute approximate surface area is 83.5 Å². The summed E-state index contributed by atoms with van der Waals surface area (Å²) in [7, 11) is 0. The molecular formula is C10H15NO3. The van der Waals surface area contributed by atoms with Crippen LogP contribution >= 0.6 is 0 Å². The maximum absolute atomic E-state index is 11.3. The van der Waals surface area contributed by atoms with Crippen LogP contribution in [0.5, 0.6) is 0 Å². The number of Topliss-reactive ketones (excluding diaryl/α,β-unsaturated/α-hetero) is 1. The van der Waals surface area contributed by atoms with Crippen molar-refractivity contribution in [2.24, 2.45) is 0 Å². The predicted molar refractivity (Wildman–Crippen MR) is 52.0 cm³/mol. The van der Waals surface area contributed by atoms with Gasteiger partial charge in [0.05, 0.1) is 13.2 Å². The number of rotatable bonds is 2. The molecule has 0 aromatic rings. The minimum absolute atomic E-state index is 0.0269. The molecule has 1 amide bonds. The summed E-state index contributed by atoms with van der Waals surface area (Å²) in [5.41, 5.74) is 0.698.